The summed E-state index contributed by atoms with van der Waals surface area (Å²) in [6, 6.07) is 0. The van der Waals surface area contributed by atoms with E-state index in [-0.39, 0.29) is 5.97 Å². The topological polar surface area (TPSA) is 26.3 Å². The van der Waals surface area contributed by atoms with Crippen LogP contribution in [0.2, 0.25) is 0 Å². The fourth-order valence-electron chi connectivity index (χ4n) is 2.93. The fourth-order valence-corrected chi connectivity index (χ4v) is 2.93. The number of hydrogen-bond acceptors (Lipinski definition) is 2. The van der Waals surface area contributed by atoms with Crippen molar-refractivity contribution in [3.8, 4) is 0 Å². The normalized spacial score (nSPS) is 11.5. The van der Waals surface area contributed by atoms with Gasteiger partial charge in [0.1, 0.15) is 0 Å². The molecule has 0 aliphatic heterocycles. The van der Waals surface area contributed by atoms with Crippen molar-refractivity contribution in [1.82, 2.24) is 0 Å². The minimum Gasteiger partial charge on any atom is -0.466 e. The predicted octanol–water partition coefficient (Wildman–Crippen LogP) is 7.61. The third kappa shape index (κ3) is 21.2. The van der Waals surface area contributed by atoms with Crippen LogP contribution in [0.5, 0.6) is 0 Å². The van der Waals surface area contributed by atoms with Gasteiger partial charge in [-0.15, -0.1) is 0 Å². The Morgan fingerprint density at radius 2 is 1.24 bits per heavy atom. The Morgan fingerprint density at radius 3 is 1.76 bits per heavy atom. The maximum absolute atomic E-state index is 11.4. The third-order valence-corrected chi connectivity index (χ3v) is 4.49. The first-order valence-corrected chi connectivity index (χ1v) is 11.0. The maximum Gasteiger partial charge on any atom is 0.306 e. The van der Waals surface area contributed by atoms with E-state index in [1.165, 1.54) is 83.5 Å². The standard InChI is InChI=1S/C23H44O2/c1-4-5-6-7-8-9-10-11-12-13-14-15-16-17-18-19-20-25-23(24)21-22(2)3/h11-12,22H,4-10,13-21H2,1-3H3. The summed E-state index contributed by atoms with van der Waals surface area (Å²) in [5.74, 6) is 0.357. The molecule has 148 valence electrons. The zero-order chi connectivity index (χ0) is 18.6. The van der Waals surface area contributed by atoms with E-state index in [0.717, 1.165) is 6.42 Å². The van der Waals surface area contributed by atoms with Gasteiger partial charge >= 0.3 is 5.97 Å². The van der Waals surface area contributed by atoms with Gasteiger partial charge in [0.05, 0.1) is 6.61 Å². The van der Waals surface area contributed by atoms with Crippen LogP contribution in [0.1, 0.15) is 117 Å². The molecule has 25 heavy (non-hydrogen) atoms. The number of esters is 1. The lowest BCUT2D eigenvalue weighted by Gasteiger charge is -2.06. The lowest BCUT2D eigenvalue weighted by Crippen LogP contribution is -2.08. The van der Waals surface area contributed by atoms with Gasteiger partial charge in [0.15, 0.2) is 0 Å². The zero-order valence-corrected chi connectivity index (χ0v) is 17.4. The van der Waals surface area contributed by atoms with Gasteiger partial charge in [-0.25, -0.2) is 0 Å². The highest BCUT2D eigenvalue weighted by atomic mass is 16.5. The first-order valence-electron chi connectivity index (χ1n) is 11.0. The summed E-state index contributed by atoms with van der Waals surface area (Å²) < 4.78 is 5.22. The van der Waals surface area contributed by atoms with Crippen LogP contribution in [-0.2, 0) is 9.53 Å². The van der Waals surface area contributed by atoms with E-state index in [1.54, 1.807) is 0 Å². The summed E-state index contributed by atoms with van der Waals surface area (Å²) in [7, 11) is 0. The van der Waals surface area contributed by atoms with Crippen molar-refractivity contribution in [3.63, 3.8) is 0 Å². The smallest absolute Gasteiger partial charge is 0.306 e. The van der Waals surface area contributed by atoms with Gasteiger partial charge in [0.2, 0.25) is 0 Å². The molecule has 0 aromatic heterocycles. The Balaban J connectivity index is 3.16. The second kappa shape index (κ2) is 19.5. The first kappa shape index (κ1) is 24.2. The van der Waals surface area contributed by atoms with E-state index >= 15 is 0 Å². The van der Waals surface area contributed by atoms with Gasteiger partial charge in [0.25, 0.3) is 0 Å². The SMILES string of the molecule is CCCCCCCCC=CCCCCCCCCOC(=O)CC(C)C. The largest absolute Gasteiger partial charge is 0.466 e. The molecule has 2 nitrogen and oxygen atoms in total. The van der Waals surface area contributed by atoms with E-state index in [0.29, 0.717) is 18.9 Å². The molecule has 0 rings (SSSR count). The van der Waals surface area contributed by atoms with Gasteiger partial charge in [-0.1, -0.05) is 90.7 Å². The molecule has 0 saturated carbocycles. The Hall–Kier alpha value is -0.790. The van der Waals surface area contributed by atoms with Crippen LogP contribution in [0.3, 0.4) is 0 Å². The van der Waals surface area contributed by atoms with Crippen LogP contribution in [0.15, 0.2) is 12.2 Å². The minimum absolute atomic E-state index is 0.0391. The van der Waals surface area contributed by atoms with E-state index in [2.05, 4.69) is 19.1 Å². The molecule has 0 aromatic carbocycles. The quantitative estimate of drug-likeness (QED) is 0.144. The maximum atomic E-state index is 11.4. The second-order valence-corrected chi connectivity index (χ2v) is 7.76. The summed E-state index contributed by atoms with van der Waals surface area (Å²) in [5.41, 5.74) is 0. The fraction of sp³-hybridized carbons (Fsp3) is 0.870. The van der Waals surface area contributed by atoms with Crippen molar-refractivity contribution in [1.29, 1.82) is 0 Å². The van der Waals surface area contributed by atoms with Crippen LogP contribution in [0.25, 0.3) is 0 Å². The summed E-state index contributed by atoms with van der Waals surface area (Å²) in [6.45, 7) is 6.97. The molecule has 0 bridgehead atoms. The third-order valence-electron chi connectivity index (χ3n) is 4.49. The van der Waals surface area contributed by atoms with E-state index in [1.807, 2.05) is 13.8 Å². The highest BCUT2D eigenvalue weighted by Gasteiger charge is 2.05. The van der Waals surface area contributed by atoms with E-state index in [4.69, 9.17) is 4.74 Å². The van der Waals surface area contributed by atoms with Gasteiger partial charge in [-0.05, 0) is 38.0 Å². The zero-order valence-electron chi connectivity index (χ0n) is 17.4. The van der Waals surface area contributed by atoms with Gasteiger partial charge < -0.3 is 4.74 Å². The summed E-state index contributed by atoms with van der Waals surface area (Å²) in [4.78, 5) is 11.4. The van der Waals surface area contributed by atoms with Crippen LogP contribution in [0, 0.1) is 5.92 Å². The number of ether oxygens (including phenoxy) is 1. The second-order valence-electron chi connectivity index (χ2n) is 7.76. The Kier molecular flexibility index (Phi) is 18.9. The molecule has 0 fully saturated rings. The number of allylic oxidation sites excluding steroid dienone is 2. The van der Waals surface area contributed by atoms with Crippen molar-refractivity contribution in [3.05, 3.63) is 12.2 Å². The molecule has 0 saturated heterocycles. The van der Waals surface area contributed by atoms with Gasteiger partial charge in [-0.3, -0.25) is 4.79 Å². The lowest BCUT2D eigenvalue weighted by molar-refractivity contribution is -0.144. The molecule has 0 aliphatic rings. The van der Waals surface area contributed by atoms with E-state index < -0.39 is 0 Å². The minimum atomic E-state index is -0.0391. The summed E-state index contributed by atoms with van der Waals surface area (Å²) in [6.07, 6.45) is 23.6. The lowest BCUT2D eigenvalue weighted by atomic mass is 10.1. The van der Waals surface area contributed by atoms with Crippen LogP contribution in [-0.4, -0.2) is 12.6 Å². The molecule has 0 aliphatic carbocycles. The molecule has 0 radical (unpaired) electrons. The highest BCUT2D eigenvalue weighted by Crippen LogP contribution is 2.10. The van der Waals surface area contributed by atoms with Crippen LogP contribution >= 0.6 is 0 Å². The average molecular weight is 353 g/mol. The summed E-state index contributed by atoms with van der Waals surface area (Å²) >= 11 is 0. The molecule has 0 heterocycles. The van der Waals surface area contributed by atoms with Crippen molar-refractivity contribution in [2.45, 2.75) is 117 Å². The number of hydrogen-bond donors (Lipinski definition) is 0. The van der Waals surface area contributed by atoms with Crippen molar-refractivity contribution in [2.75, 3.05) is 6.61 Å². The predicted molar refractivity (Wildman–Crippen MR) is 110 cm³/mol. The van der Waals surface area contributed by atoms with Crippen molar-refractivity contribution < 1.29 is 9.53 Å². The highest BCUT2D eigenvalue weighted by molar-refractivity contribution is 5.69. The Morgan fingerprint density at radius 1 is 0.760 bits per heavy atom. The van der Waals surface area contributed by atoms with Crippen molar-refractivity contribution in [2.24, 2.45) is 5.92 Å². The van der Waals surface area contributed by atoms with Gasteiger partial charge in [-0.2, -0.15) is 0 Å². The molecule has 0 aromatic rings. The van der Waals surface area contributed by atoms with E-state index in [9.17, 15) is 4.79 Å². The molecule has 0 unspecified atom stereocenters. The van der Waals surface area contributed by atoms with Gasteiger partial charge in [0, 0.05) is 6.42 Å². The molecule has 0 atom stereocenters. The van der Waals surface area contributed by atoms with Crippen molar-refractivity contribution >= 4 is 5.97 Å². The van der Waals surface area contributed by atoms with Crippen LogP contribution in [0.4, 0.5) is 0 Å². The van der Waals surface area contributed by atoms with Crippen LogP contribution < -0.4 is 0 Å². The Bertz CT molecular complexity index is 307. The average Bonchev–Trinajstić information content (AvgIpc) is 2.57. The molecular formula is C23H44O2. The molecule has 2 heteroatoms. The summed E-state index contributed by atoms with van der Waals surface area (Å²) in [5, 5.41) is 0. The number of carbonyl (C=O) groups is 1. The number of unbranched alkanes of at least 4 members (excludes halogenated alkanes) is 12. The Labute approximate surface area is 157 Å². The molecular weight excluding hydrogens is 308 g/mol. The number of rotatable bonds is 18. The first-order chi connectivity index (χ1) is 12.2. The molecule has 0 N–H and O–H groups in total. The molecule has 0 amide bonds. The molecule has 0 spiro atoms. The monoisotopic (exact) mass is 352 g/mol. The number of carbonyl (C=O) groups excluding carboxylic acids is 1.